The third-order valence-corrected chi connectivity index (χ3v) is 6.53. The van der Waals surface area contributed by atoms with Crippen LogP contribution >= 0.6 is 0 Å². The van der Waals surface area contributed by atoms with Crippen molar-refractivity contribution in [1.82, 2.24) is 0 Å². The van der Waals surface area contributed by atoms with Crippen molar-refractivity contribution in [3.05, 3.63) is 108 Å². The summed E-state index contributed by atoms with van der Waals surface area (Å²) in [6.45, 7) is 0. The van der Waals surface area contributed by atoms with Gasteiger partial charge in [-0.05, 0) is 62.5 Å². The average molecular weight is 418 g/mol. The van der Waals surface area contributed by atoms with Gasteiger partial charge in [0.15, 0.2) is 11.5 Å². The summed E-state index contributed by atoms with van der Waals surface area (Å²) < 4.78 is 11.2. The molecule has 156 valence electrons. The fourth-order valence-corrected chi connectivity index (χ4v) is 5.09. The number of rotatable bonds is 3. The van der Waals surface area contributed by atoms with Crippen LogP contribution < -0.4 is 14.8 Å². The minimum Gasteiger partial charge on any atom is -0.493 e. The van der Waals surface area contributed by atoms with E-state index >= 15 is 0 Å². The molecule has 0 aromatic heterocycles. The Morgan fingerprint density at radius 1 is 0.594 bits per heavy atom. The average Bonchev–Trinajstić information content (AvgIpc) is 2.86. The summed E-state index contributed by atoms with van der Waals surface area (Å²) in [6.07, 6.45) is 0. The molecule has 0 radical (unpaired) electrons. The van der Waals surface area contributed by atoms with Gasteiger partial charge in [0.2, 0.25) is 0 Å². The lowest BCUT2D eigenvalue weighted by Crippen LogP contribution is -2.15. The lowest BCUT2D eigenvalue weighted by Gasteiger charge is -2.32. The lowest BCUT2D eigenvalue weighted by molar-refractivity contribution is 0.354. The summed E-state index contributed by atoms with van der Waals surface area (Å²) in [5.74, 6) is 1.53. The van der Waals surface area contributed by atoms with Crippen molar-refractivity contribution in [2.45, 2.75) is 5.92 Å². The maximum atomic E-state index is 5.68. The molecule has 3 nitrogen and oxygen atoms in total. The molecule has 5 aromatic rings. The van der Waals surface area contributed by atoms with E-state index in [4.69, 9.17) is 9.47 Å². The van der Waals surface area contributed by atoms with Gasteiger partial charge >= 0.3 is 0 Å². The number of methoxy groups -OCH3 is 2. The zero-order valence-corrected chi connectivity index (χ0v) is 18.1. The van der Waals surface area contributed by atoms with E-state index in [1.807, 2.05) is 6.07 Å². The fourth-order valence-electron chi connectivity index (χ4n) is 5.09. The van der Waals surface area contributed by atoms with E-state index in [0.717, 1.165) is 22.9 Å². The van der Waals surface area contributed by atoms with Gasteiger partial charge in [-0.3, -0.25) is 0 Å². The second-order valence-electron chi connectivity index (χ2n) is 8.17. The quantitative estimate of drug-likeness (QED) is 0.329. The smallest absolute Gasteiger partial charge is 0.161 e. The van der Waals surface area contributed by atoms with Crippen LogP contribution in [0.25, 0.3) is 21.5 Å². The molecule has 3 heteroatoms. The molecule has 0 atom stereocenters. The maximum absolute atomic E-state index is 5.68. The Morgan fingerprint density at radius 3 is 1.72 bits per heavy atom. The minimum atomic E-state index is 0.0539. The predicted molar refractivity (Wildman–Crippen MR) is 132 cm³/mol. The zero-order valence-electron chi connectivity index (χ0n) is 18.1. The monoisotopic (exact) mass is 417 g/mol. The molecule has 0 amide bonds. The summed E-state index contributed by atoms with van der Waals surface area (Å²) in [6, 6.07) is 32.3. The molecule has 32 heavy (non-hydrogen) atoms. The molecule has 0 unspecified atom stereocenters. The highest BCUT2D eigenvalue weighted by Crippen LogP contribution is 2.50. The fraction of sp³-hybridized carbons (Fsp3) is 0.103. The number of hydrogen-bond acceptors (Lipinski definition) is 3. The Balaban J connectivity index is 1.72. The van der Waals surface area contributed by atoms with Crippen LogP contribution in [0.2, 0.25) is 0 Å². The van der Waals surface area contributed by atoms with Gasteiger partial charge in [0, 0.05) is 17.3 Å². The maximum Gasteiger partial charge on any atom is 0.161 e. The molecular weight excluding hydrogens is 394 g/mol. The van der Waals surface area contributed by atoms with Crippen molar-refractivity contribution >= 4 is 32.9 Å². The number of nitrogens with one attached hydrogen (secondary N) is 1. The Kier molecular flexibility index (Phi) is 4.29. The largest absolute Gasteiger partial charge is 0.493 e. The molecule has 0 saturated heterocycles. The summed E-state index contributed by atoms with van der Waals surface area (Å²) in [4.78, 5) is 0. The standard InChI is InChI=1S/C29H23NO2/c1-31-25-16-13-20(17-26(25)32-2)27-28-21-9-5-3-7-18(21)11-14-23(28)30-24-15-12-19-8-4-6-10-22(19)29(24)27/h3-17,27,30H,1-2H3. The summed E-state index contributed by atoms with van der Waals surface area (Å²) in [7, 11) is 3.37. The van der Waals surface area contributed by atoms with Crippen LogP contribution in [-0.4, -0.2) is 14.2 Å². The van der Waals surface area contributed by atoms with Crippen molar-refractivity contribution in [1.29, 1.82) is 0 Å². The highest BCUT2D eigenvalue weighted by atomic mass is 16.5. The molecule has 5 aromatic carbocycles. The zero-order chi connectivity index (χ0) is 21.7. The highest BCUT2D eigenvalue weighted by Gasteiger charge is 2.31. The summed E-state index contributed by atoms with van der Waals surface area (Å²) in [5, 5.41) is 8.72. The van der Waals surface area contributed by atoms with Crippen LogP contribution in [0.5, 0.6) is 11.5 Å². The summed E-state index contributed by atoms with van der Waals surface area (Å²) in [5.41, 5.74) is 6.05. The molecule has 0 fully saturated rings. The molecule has 1 N–H and O–H groups in total. The highest BCUT2D eigenvalue weighted by molar-refractivity contribution is 6.00. The van der Waals surface area contributed by atoms with Crippen LogP contribution in [-0.2, 0) is 0 Å². The van der Waals surface area contributed by atoms with E-state index in [0.29, 0.717) is 0 Å². The van der Waals surface area contributed by atoms with Crippen molar-refractivity contribution in [3.63, 3.8) is 0 Å². The van der Waals surface area contributed by atoms with Gasteiger partial charge in [-0.25, -0.2) is 0 Å². The molecule has 0 saturated carbocycles. The van der Waals surface area contributed by atoms with E-state index in [1.54, 1.807) is 14.2 Å². The normalized spacial score (nSPS) is 12.8. The van der Waals surface area contributed by atoms with Crippen LogP contribution in [0.15, 0.2) is 91.0 Å². The van der Waals surface area contributed by atoms with E-state index in [-0.39, 0.29) is 5.92 Å². The van der Waals surface area contributed by atoms with Gasteiger partial charge < -0.3 is 14.8 Å². The van der Waals surface area contributed by atoms with Crippen LogP contribution in [0.3, 0.4) is 0 Å². The first-order valence-corrected chi connectivity index (χ1v) is 10.8. The number of anilines is 2. The second kappa shape index (κ2) is 7.31. The Labute approximate surface area is 187 Å². The van der Waals surface area contributed by atoms with Gasteiger partial charge in [0.05, 0.1) is 14.2 Å². The molecule has 1 aliphatic rings. The van der Waals surface area contributed by atoms with E-state index in [9.17, 15) is 0 Å². The second-order valence-corrected chi connectivity index (χ2v) is 8.17. The third-order valence-electron chi connectivity index (χ3n) is 6.53. The van der Waals surface area contributed by atoms with Gasteiger partial charge in [-0.15, -0.1) is 0 Å². The Hall–Kier alpha value is -3.98. The molecule has 0 aliphatic carbocycles. The van der Waals surface area contributed by atoms with Crippen molar-refractivity contribution in [2.24, 2.45) is 0 Å². The molecular formula is C29H23NO2. The molecule has 0 bridgehead atoms. The van der Waals surface area contributed by atoms with Gasteiger partial charge in [0.25, 0.3) is 0 Å². The van der Waals surface area contributed by atoms with Gasteiger partial charge in [0.1, 0.15) is 0 Å². The molecule has 0 spiro atoms. The van der Waals surface area contributed by atoms with E-state index < -0.39 is 0 Å². The van der Waals surface area contributed by atoms with Crippen LogP contribution in [0.4, 0.5) is 11.4 Å². The third kappa shape index (κ3) is 2.75. The first kappa shape index (κ1) is 18.8. The van der Waals surface area contributed by atoms with Gasteiger partial charge in [-0.2, -0.15) is 0 Å². The van der Waals surface area contributed by atoms with Gasteiger partial charge in [-0.1, -0.05) is 66.7 Å². The number of fused-ring (bicyclic) bond motifs is 6. The van der Waals surface area contributed by atoms with Crippen molar-refractivity contribution < 1.29 is 9.47 Å². The SMILES string of the molecule is COc1ccc(C2c3c(ccc4ccccc34)Nc3ccc4ccccc4c32)cc1OC. The first-order chi connectivity index (χ1) is 15.8. The van der Waals surface area contributed by atoms with E-state index in [1.165, 1.54) is 38.2 Å². The van der Waals surface area contributed by atoms with E-state index in [2.05, 4.69) is 90.2 Å². The van der Waals surface area contributed by atoms with Crippen molar-refractivity contribution in [3.8, 4) is 11.5 Å². The minimum absolute atomic E-state index is 0.0539. The number of benzene rings is 5. The number of ether oxygens (including phenoxy) is 2. The Morgan fingerprint density at radius 2 is 1.16 bits per heavy atom. The predicted octanol–water partition coefficient (Wildman–Crippen LogP) is 7.25. The molecule has 1 heterocycles. The first-order valence-electron chi connectivity index (χ1n) is 10.8. The summed E-state index contributed by atoms with van der Waals surface area (Å²) >= 11 is 0. The Bertz CT molecular complexity index is 1400. The topological polar surface area (TPSA) is 30.5 Å². The van der Waals surface area contributed by atoms with Crippen molar-refractivity contribution in [2.75, 3.05) is 19.5 Å². The molecule has 6 rings (SSSR count). The van der Waals surface area contributed by atoms with Crippen LogP contribution in [0.1, 0.15) is 22.6 Å². The van der Waals surface area contributed by atoms with Crippen LogP contribution in [0, 0.1) is 0 Å². The molecule has 1 aliphatic heterocycles. The number of hydrogen-bond donors (Lipinski definition) is 1. The lowest BCUT2D eigenvalue weighted by atomic mass is 9.77.